The second-order valence-electron chi connectivity index (χ2n) is 4.49. The van der Waals surface area contributed by atoms with Gasteiger partial charge >= 0.3 is 0 Å². The molecule has 0 radical (unpaired) electrons. The highest BCUT2D eigenvalue weighted by Crippen LogP contribution is 2.25. The fourth-order valence-electron chi connectivity index (χ4n) is 2.35. The topological polar surface area (TPSA) is 43.8 Å². The third-order valence-corrected chi connectivity index (χ3v) is 3.45. The number of nitrogens with zero attached hydrogens (tertiary/aromatic N) is 2. The molecular weight excluding hydrogens is 258 g/mol. The van der Waals surface area contributed by atoms with E-state index < -0.39 is 0 Å². The lowest BCUT2D eigenvalue weighted by Crippen LogP contribution is -2.07. The molecule has 96 valence electrons. The Hall–Kier alpha value is -1.84. The zero-order valence-electron chi connectivity index (χ0n) is 10.6. The normalized spacial score (nSPS) is 11.1. The number of nitrogens with two attached hydrogens (primary N) is 1. The van der Waals surface area contributed by atoms with Crippen LogP contribution < -0.4 is 5.73 Å². The van der Waals surface area contributed by atoms with Gasteiger partial charge in [-0.15, -0.1) is 0 Å². The summed E-state index contributed by atoms with van der Waals surface area (Å²) in [7, 11) is 0. The van der Waals surface area contributed by atoms with Crippen molar-refractivity contribution in [2.75, 3.05) is 0 Å². The maximum atomic E-state index is 6.02. The minimum atomic E-state index is 0.400. The van der Waals surface area contributed by atoms with Crippen LogP contribution in [0.15, 0.2) is 42.5 Å². The molecule has 2 N–H and O–H groups in total. The van der Waals surface area contributed by atoms with Crippen LogP contribution in [0.1, 0.15) is 11.4 Å². The standard InChI is InChI=1S/C15H14ClN3/c1-10-8-11(16)6-7-13(10)19-14-5-3-2-4-12(14)18-15(19)9-17/h2-8H,9,17H2,1H3. The summed E-state index contributed by atoms with van der Waals surface area (Å²) in [5.74, 6) is 0.853. The molecular formula is C15H14ClN3. The van der Waals surface area contributed by atoms with Gasteiger partial charge in [-0.3, -0.25) is 4.57 Å². The van der Waals surface area contributed by atoms with Crippen molar-refractivity contribution in [3.05, 3.63) is 58.9 Å². The van der Waals surface area contributed by atoms with Gasteiger partial charge in [0.1, 0.15) is 5.82 Å². The van der Waals surface area contributed by atoms with Gasteiger partial charge in [-0.1, -0.05) is 23.7 Å². The van der Waals surface area contributed by atoms with Crippen molar-refractivity contribution < 1.29 is 0 Å². The average Bonchev–Trinajstić information content (AvgIpc) is 2.77. The highest BCUT2D eigenvalue weighted by molar-refractivity contribution is 6.30. The smallest absolute Gasteiger partial charge is 0.128 e. The number of aryl methyl sites for hydroxylation is 1. The van der Waals surface area contributed by atoms with E-state index in [1.54, 1.807) is 0 Å². The molecule has 1 aromatic heterocycles. The monoisotopic (exact) mass is 271 g/mol. The van der Waals surface area contributed by atoms with Gasteiger partial charge in [0, 0.05) is 5.02 Å². The van der Waals surface area contributed by atoms with Crippen LogP contribution in [0.2, 0.25) is 5.02 Å². The van der Waals surface area contributed by atoms with E-state index >= 15 is 0 Å². The summed E-state index contributed by atoms with van der Waals surface area (Å²) in [6.07, 6.45) is 0. The van der Waals surface area contributed by atoms with Crippen molar-refractivity contribution in [3.63, 3.8) is 0 Å². The Kier molecular flexibility index (Phi) is 3.01. The maximum absolute atomic E-state index is 6.02. The van der Waals surface area contributed by atoms with Gasteiger partial charge in [0.15, 0.2) is 0 Å². The third-order valence-electron chi connectivity index (χ3n) is 3.21. The molecule has 0 amide bonds. The van der Waals surface area contributed by atoms with Gasteiger partial charge in [0.2, 0.25) is 0 Å². The summed E-state index contributed by atoms with van der Waals surface area (Å²) in [6, 6.07) is 13.9. The molecule has 2 aromatic carbocycles. The molecule has 1 heterocycles. The first-order valence-corrected chi connectivity index (χ1v) is 6.51. The Morgan fingerprint density at radius 1 is 1.21 bits per heavy atom. The molecule has 0 unspecified atom stereocenters. The summed E-state index contributed by atoms with van der Waals surface area (Å²) < 4.78 is 2.10. The highest BCUT2D eigenvalue weighted by atomic mass is 35.5. The first kappa shape index (κ1) is 12.2. The Bertz CT molecular complexity index is 746. The number of benzene rings is 2. The van der Waals surface area contributed by atoms with Crippen LogP contribution in [0.25, 0.3) is 16.7 Å². The number of halogens is 1. The molecule has 0 saturated heterocycles. The van der Waals surface area contributed by atoms with Gasteiger partial charge in [-0.05, 0) is 42.8 Å². The van der Waals surface area contributed by atoms with Gasteiger partial charge in [0.25, 0.3) is 0 Å². The number of imidazole rings is 1. The minimum absolute atomic E-state index is 0.400. The highest BCUT2D eigenvalue weighted by Gasteiger charge is 2.12. The Morgan fingerprint density at radius 3 is 2.74 bits per heavy atom. The van der Waals surface area contributed by atoms with Crippen molar-refractivity contribution >= 4 is 22.6 Å². The second-order valence-corrected chi connectivity index (χ2v) is 4.92. The Morgan fingerprint density at radius 2 is 2.00 bits per heavy atom. The lowest BCUT2D eigenvalue weighted by molar-refractivity contribution is 0.878. The average molecular weight is 272 g/mol. The lowest BCUT2D eigenvalue weighted by Gasteiger charge is -2.11. The summed E-state index contributed by atoms with van der Waals surface area (Å²) in [6.45, 7) is 2.44. The first-order chi connectivity index (χ1) is 9.20. The van der Waals surface area contributed by atoms with Crippen molar-refractivity contribution in [2.45, 2.75) is 13.5 Å². The van der Waals surface area contributed by atoms with Crippen molar-refractivity contribution in [2.24, 2.45) is 5.73 Å². The van der Waals surface area contributed by atoms with E-state index in [0.29, 0.717) is 6.54 Å². The van der Waals surface area contributed by atoms with Gasteiger partial charge < -0.3 is 5.73 Å². The molecule has 0 aliphatic heterocycles. The lowest BCUT2D eigenvalue weighted by atomic mass is 10.2. The third kappa shape index (κ3) is 2.01. The number of aromatic nitrogens is 2. The predicted octanol–water partition coefficient (Wildman–Crippen LogP) is 3.45. The number of fused-ring (bicyclic) bond motifs is 1. The summed E-state index contributed by atoms with van der Waals surface area (Å²) in [5.41, 5.74) is 10.0. The number of hydrogen-bond acceptors (Lipinski definition) is 2. The number of hydrogen-bond donors (Lipinski definition) is 1. The predicted molar refractivity (Wildman–Crippen MR) is 78.7 cm³/mol. The van der Waals surface area contributed by atoms with E-state index in [1.807, 2.05) is 43.3 Å². The molecule has 0 fully saturated rings. The quantitative estimate of drug-likeness (QED) is 0.776. The van der Waals surface area contributed by atoms with E-state index in [9.17, 15) is 0 Å². The van der Waals surface area contributed by atoms with Crippen LogP contribution in [0.3, 0.4) is 0 Å². The molecule has 0 saturated carbocycles. The molecule has 3 aromatic rings. The minimum Gasteiger partial charge on any atom is -0.324 e. The van der Waals surface area contributed by atoms with Crippen molar-refractivity contribution in [1.29, 1.82) is 0 Å². The van der Waals surface area contributed by atoms with Gasteiger partial charge in [0.05, 0.1) is 23.3 Å². The number of rotatable bonds is 2. The molecule has 0 aliphatic rings. The molecule has 0 spiro atoms. The second kappa shape index (κ2) is 4.68. The van der Waals surface area contributed by atoms with Crippen molar-refractivity contribution in [3.8, 4) is 5.69 Å². The van der Waals surface area contributed by atoms with Crippen LogP contribution in [-0.2, 0) is 6.54 Å². The molecule has 19 heavy (non-hydrogen) atoms. The molecule has 0 aliphatic carbocycles. The molecule has 0 atom stereocenters. The SMILES string of the molecule is Cc1cc(Cl)ccc1-n1c(CN)nc2ccccc21. The van der Waals surface area contributed by atoms with Crippen LogP contribution in [-0.4, -0.2) is 9.55 Å². The molecule has 4 heteroatoms. The molecule has 3 nitrogen and oxygen atoms in total. The van der Waals surface area contributed by atoms with Crippen LogP contribution in [0.4, 0.5) is 0 Å². The van der Waals surface area contributed by atoms with Gasteiger partial charge in [-0.25, -0.2) is 4.98 Å². The zero-order chi connectivity index (χ0) is 13.4. The van der Waals surface area contributed by atoms with Crippen LogP contribution >= 0.6 is 11.6 Å². The van der Waals surface area contributed by atoms with Crippen LogP contribution in [0, 0.1) is 6.92 Å². The first-order valence-electron chi connectivity index (χ1n) is 6.13. The fourth-order valence-corrected chi connectivity index (χ4v) is 2.58. The number of para-hydroxylation sites is 2. The Balaban J connectivity index is 2.34. The Labute approximate surface area is 116 Å². The fraction of sp³-hybridized carbons (Fsp3) is 0.133. The van der Waals surface area contributed by atoms with Crippen LogP contribution in [0.5, 0.6) is 0 Å². The van der Waals surface area contributed by atoms with E-state index in [4.69, 9.17) is 17.3 Å². The van der Waals surface area contributed by atoms with E-state index in [1.165, 1.54) is 0 Å². The van der Waals surface area contributed by atoms with Gasteiger partial charge in [-0.2, -0.15) is 0 Å². The molecule has 0 bridgehead atoms. The summed E-state index contributed by atoms with van der Waals surface area (Å²) >= 11 is 6.02. The molecule has 3 rings (SSSR count). The summed E-state index contributed by atoms with van der Waals surface area (Å²) in [4.78, 5) is 4.58. The van der Waals surface area contributed by atoms with E-state index in [0.717, 1.165) is 33.1 Å². The largest absolute Gasteiger partial charge is 0.324 e. The van der Waals surface area contributed by atoms with Crippen molar-refractivity contribution in [1.82, 2.24) is 9.55 Å². The maximum Gasteiger partial charge on any atom is 0.128 e. The zero-order valence-corrected chi connectivity index (χ0v) is 11.4. The summed E-state index contributed by atoms with van der Waals surface area (Å²) in [5, 5.41) is 0.736. The van der Waals surface area contributed by atoms with E-state index in [-0.39, 0.29) is 0 Å². The van der Waals surface area contributed by atoms with E-state index in [2.05, 4.69) is 15.6 Å².